The summed E-state index contributed by atoms with van der Waals surface area (Å²) in [4.78, 5) is 11.1. The maximum atomic E-state index is 6.03. The van der Waals surface area contributed by atoms with Crippen molar-refractivity contribution in [1.82, 2.24) is 15.3 Å². The van der Waals surface area contributed by atoms with Crippen LogP contribution in [0.15, 0.2) is 30.6 Å². The van der Waals surface area contributed by atoms with E-state index >= 15 is 0 Å². The molecule has 1 saturated heterocycles. The molecule has 0 aliphatic carbocycles. The van der Waals surface area contributed by atoms with E-state index < -0.39 is 0 Å². The first-order chi connectivity index (χ1) is 9.74. The molecule has 1 N–H and O–H groups in total. The minimum atomic E-state index is 0. The maximum Gasteiger partial charge on any atom is 0.225 e. The first-order valence-corrected chi connectivity index (χ1v) is 7.23. The molecule has 4 nitrogen and oxygen atoms in total. The van der Waals surface area contributed by atoms with Crippen LogP contribution in [0.3, 0.4) is 0 Å². The fraction of sp³-hybridized carbons (Fsp3) is 0.286. The number of aromatic nitrogens is 2. The number of benzene rings is 1. The molecule has 0 bridgehead atoms. The van der Waals surface area contributed by atoms with Gasteiger partial charge in [0.25, 0.3) is 0 Å². The molecule has 0 radical (unpaired) electrons. The summed E-state index contributed by atoms with van der Waals surface area (Å²) in [6, 6.07) is 5.52. The van der Waals surface area contributed by atoms with Crippen LogP contribution in [0.4, 0.5) is 5.95 Å². The Morgan fingerprint density at radius 2 is 1.55 bits per heavy atom. The molecule has 2 aromatic rings. The number of nitrogens with zero attached hydrogens (tertiary/aromatic N) is 3. The van der Waals surface area contributed by atoms with Gasteiger partial charge in [0.05, 0.1) is 10.0 Å². The molecule has 0 amide bonds. The van der Waals surface area contributed by atoms with Crippen LogP contribution in [0, 0.1) is 0 Å². The second-order valence-corrected chi connectivity index (χ2v) is 5.45. The van der Waals surface area contributed by atoms with Crippen LogP contribution in [0.5, 0.6) is 0 Å². The molecule has 0 spiro atoms. The highest BCUT2D eigenvalue weighted by atomic mass is 35.5. The van der Waals surface area contributed by atoms with Gasteiger partial charge in [-0.15, -0.1) is 24.8 Å². The standard InChI is InChI=1S/C14H14Cl2N4.2ClH/c15-12-2-1-10(7-13(12)16)11-8-18-14(19-9-11)20-5-3-17-4-6-20;;/h1-2,7-9,17H,3-6H2;2*1H. The molecule has 0 unspecified atom stereocenters. The van der Waals surface area contributed by atoms with Gasteiger partial charge >= 0.3 is 0 Å². The number of hydrogen-bond acceptors (Lipinski definition) is 4. The fourth-order valence-corrected chi connectivity index (χ4v) is 2.47. The van der Waals surface area contributed by atoms with E-state index in [0.717, 1.165) is 43.3 Å². The smallest absolute Gasteiger partial charge is 0.225 e. The Hall–Kier alpha value is -0.780. The highest BCUT2D eigenvalue weighted by Crippen LogP contribution is 2.28. The third-order valence-corrected chi connectivity index (χ3v) is 4.03. The topological polar surface area (TPSA) is 41.1 Å². The normalized spacial score (nSPS) is 14.0. The van der Waals surface area contributed by atoms with Crippen molar-refractivity contribution in [3.63, 3.8) is 0 Å². The van der Waals surface area contributed by atoms with Crippen molar-refractivity contribution in [3.05, 3.63) is 40.6 Å². The monoisotopic (exact) mass is 380 g/mol. The van der Waals surface area contributed by atoms with Crippen LogP contribution >= 0.6 is 48.0 Å². The molecular formula is C14H16Cl4N4. The van der Waals surface area contributed by atoms with Crippen LogP contribution < -0.4 is 10.2 Å². The van der Waals surface area contributed by atoms with Gasteiger partial charge in [0.15, 0.2) is 0 Å². The van der Waals surface area contributed by atoms with Crippen LogP contribution in [0.25, 0.3) is 11.1 Å². The van der Waals surface area contributed by atoms with Gasteiger partial charge in [-0.2, -0.15) is 0 Å². The molecule has 1 fully saturated rings. The van der Waals surface area contributed by atoms with E-state index in [1.165, 1.54) is 0 Å². The predicted molar refractivity (Wildman–Crippen MR) is 97.1 cm³/mol. The van der Waals surface area contributed by atoms with Crippen molar-refractivity contribution in [2.45, 2.75) is 0 Å². The quantitative estimate of drug-likeness (QED) is 0.860. The fourth-order valence-electron chi connectivity index (χ4n) is 2.17. The minimum absolute atomic E-state index is 0. The lowest BCUT2D eigenvalue weighted by molar-refractivity contribution is 0.580. The molecule has 1 aliphatic heterocycles. The maximum absolute atomic E-state index is 6.03. The van der Waals surface area contributed by atoms with Gasteiger partial charge in [-0.3, -0.25) is 0 Å². The highest BCUT2D eigenvalue weighted by Gasteiger charge is 2.13. The molecule has 0 atom stereocenters. The van der Waals surface area contributed by atoms with Gasteiger partial charge in [-0.1, -0.05) is 29.3 Å². The lowest BCUT2D eigenvalue weighted by Crippen LogP contribution is -2.44. The molecular weight excluding hydrogens is 366 g/mol. The van der Waals surface area contributed by atoms with Crippen LogP contribution in [-0.2, 0) is 0 Å². The van der Waals surface area contributed by atoms with Gasteiger partial charge in [-0.05, 0) is 17.7 Å². The molecule has 1 aromatic heterocycles. The van der Waals surface area contributed by atoms with E-state index in [9.17, 15) is 0 Å². The van der Waals surface area contributed by atoms with E-state index in [-0.39, 0.29) is 24.8 Å². The summed E-state index contributed by atoms with van der Waals surface area (Å²) < 4.78 is 0. The van der Waals surface area contributed by atoms with Crippen molar-refractivity contribution in [1.29, 1.82) is 0 Å². The van der Waals surface area contributed by atoms with Crippen LogP contribution in [0.1, 0.15) is 0 Å². The van der Waals surface area contributed by atoms with Crippen molar-refractivity contribution < 1.29 is 0 Å². The first kappa shape index (κ1) is 19.3. The molecule has 2 heterocycles. The second-order valence-electron chi connectivity index (χ2n) is 4.64. The summed E-state index contributed by atoms with van der Waals surface area (Å²) in [6.45, 7) is 3.81. The predicted octanol–water partition coefficient (Wildman–Crippen LogP) is 3.70. The van der Waals surface area contributed by atoms with E-state index in [0.29, 0.717) is 10.0 Å². The number of halogens is 4. The summed E-state index contributed by atoms with van der Waals surface area (Å²) >= 11 is 11.9. The lowest BCUT2D eigenvalue weighted by Gasteiger charge is -2.27. The highest BCUT2D eigenvalue weighted by molar-refractivity contribution is 6.42. The minimum Gasteiger partial charge on any atom is -0.338 e. The Bertz CT molecular complexity index is 600. The van der Waals surface area contributed by atoms with Gasteiger partial charge in [0, 0.05) is 44.1 Å². The van der Waals surface area contributed by atoms with Gasteiger partial charge < -0.3 is 10.2 Å². The summed E-state index contributed by atoms with van der Waals surface area (Å²) in [6.07, 6.45) is 3.65. The molecule has 1 aliphatic rings. The number of rotatable bonds is 2. The van der Waals surface area contributed by atoms with Crippen molar-refractivity contribution in [2.75, 3.05) is 31.1 Å². The third kappa shape index (κ3) is 4.37. The summed E-state index contributed by atoms with van der Waals surface area (Å²) in [5, 5.41) is 4.40. The third-order valence-electron chi connectivity index (χ3n) is 3.29. The summed E-state index contributed by atoms with van der Waals surface area (Å²) in [5.41, 5.74) is 1.90. The molecule has 1 aromatic carbocycles. The van der Waals surface area contributed by atoms with Gasteiger partial charge in [0.2, 0.25) is 5.95 Å². The van der Waals surface area contributed by atoms with E-state index in [4.69, 9.17) is 23.2 Å². The van der Waals surface area contributed by atoms with Crippen molar-refractivity contribution >= 4 is 54.0 Å². The Labute approximate surface area is 152 Å². The van der Waals surface area contributed by atoms with E-state index in [2.05, 4.69) is 20.2 Å². The van der Waals surface area contributed by atoms with Crippen LogP contribution in [0.2, 0.25) is 10.0 Å². The van der Waals surface area contributed by atoms with Gasteiger partial charge in [-0.25, -0.2) is 9.97 Å². The Morgan fingerprint density at radius 1 is 0.909 bits per heavy atom. The Kier molecular flexibility index (Phi) is 7.66. The SMILES string of the molecule is Cl.Cl.Clc1ccc(-c2cnc(N3CCNCC3)nc2)cc1Cl. The van der Waals surface area contributed by atoms with Crippen molar-refractivity contribution in [2.24, 2.45) is 0 Å². The zero-order valence-electron chi connectivity index (χ0n) is 11.6. The molecule has 3 rings (SSSR count). The van der Waals surface area contributed by atoms with Crippen molar-refractivity contribution in [3.8, 4) is 11.1 Å². The molecule has 0 saturated carbocycles. The average molecular weight is 382 g/mol. The lowest BCUT2D eigenvalue weighted by atomic mass is 10.1. The Morgan fingerprint density at radius 3 is 2.14 bits per heavy atom. The zero-order chi connectivity index (χ0) is 13.9. The van der Waals surface area contributed by atoms with Crippen LogP contribution in [-0.4, -0.2) is 36.1 Å². The number of nitrogens with one attached hydrogen (secondary N) is 1. The summed E-state index contributed by atoms with van der Waals surface area (Å²) in [5.74, 6) is 0.773. The number of piperazine rings is 1. The average Bonchev–Trinajstić information content (AvgIpc) is 2.51. The molecule has 22 heavy (non-hydrogen) atoms. The Balaban J connectivity index is 0.00000121. The van der Waals surface area contributed by atoms with E-state index in [1.807, 2.05) is 24.5 Å². The van der Waals surface area contributed by atoms with E-state index in [1.54, 1.807) is 6.07 Å². The van der Waals surface area contributed by atoms with Gasteiger partial charge in [0.1, 0.15) is 0 Å². The number of hydrogen-bond donors (Lipinski definition) is 1. The largest absolute Gasteiger partial charge is 0.338 e. The first-order valence-electron chi connectivity index (χ1n) is 6.47. The zero-order valence-corrected chi connectivity index (χ0v) is 14.8. The summed E-state index contributed by atoms with van der Waals surface area (Å²) in [7, 11) is 0. The second kappa shape index (κ2) is 8.75. The number of anilines is 1. The molecule has 8 heteroatoms. The molecule has 120 valence electrons.